The van der Waals surface area contributed by atoms with Gasteiger partial charge in [-0.3, -0.25) is 9.59 Å². The highest BCUT2D eigenvalue weighted by Gasteiger charge is 2.16. The van der Waals surface area contributed by atoms with Gasteiger partial charge in [0.05, 0.1) is 0 Å². The van der Waals surface area contributed by atoms with Gasteiger partial charge in [0.15, 0.2) is 0 Å². The molecule has 0 radical (unpaired) electrons. The fourth-order valence-electron chi connectivity index (χ4n) is 1.29. The predicted octanol–water partition coefficient (Wildman–Crippen LogP) is 1.40. The zero-order valence-corrected chi connectivity index (χ0v) is 11.2. The standard InChI is InChI=1S/C14H15N3O3/c1-9-3-5-12(6-4-9)16-8-11(7-15)13(18)17-10(2)14(19)20/h3-6,8,10,16H,1-2H3,(H,17,18)(H,19,20)/b11-8-. The smallest absolute Gasteiger partial charge is 0.325 e. The summed E-state index contributed by atoms with van der Waals surface area (Å²) in [5.41, 5.74) is 1.62. The molecule has 104 valence electrons. The predicted molar refractivity (Wildman–Crippen MR) is 73.7 cm³/mol. The molecule has 6 nitrogen and oxygen atoms in total. The molecule has 1 amide bonds. The Morgan fingerprint density at radius 3 is 2.45 bits per heavy atom. The first-order chi connectivity index (χ1) is 9.43. The van der Waals surface area contributed by atoms with Crippen LogP contribution in [0.4, 0.5) is 5.69 Å². The normalized spacial score (nSPS) is 12.2. The van der Waals surface area contributed by atoms with E-state index in [1.807, 2.05) is 19.1 Å². The van der Waals surface area contributed by atoms with Crippen molar-refractivity contribution in [3.05, 3.63) is 41.6 Å². The molecular weight excluding hydrogens is 258 g/mol. The van der Waals surface area contributed by atoms with Crippen LogP contribution in [0.25, 0.3) is 0 Å². The molecule has 0 aliphatic heterocycles. The van der Waals surface area contributed by atoms with E-state index < -0.39 is 17.9 Å². The van der Waals surface area contributed by atoms with Gasteiger partial charge in [-0.05, 0) is 26.0 Å². The van der Waals surface area contributed by atoms with Gasteiger partial charge >= 0.3 is 5.97 Å². The maximum atomic E-state index is 11.7. The number of aryl methyl sites for hydroxylation is 1. The molecule has 6 heteroatoms. The summed E-state index contributed by atoms with van der Waals surface area (Å²) in [4.78, 5) is 22.3. The van der Waals surface area contributed by atoms with Crippen LogP contribution in [-0.2, 0) is 9.59 Å². The van der Waals surface area contributed by atoms with Crippen LogP contribution in [0, 0.1) is 18.3 Å². The summed E-state index contributed by atoms with van der Waals surface area (Å²) in [6, 6.07) is 8.04. The minimum atomic E-state index is -1.16. The van der Waals surface area contributed by atoms with E-state index in [1.165, 1.54) is 13.1 Å². The molecule has 0 aromatic heterocycles. The number of carboxylic acids is 1. The van der Waals surface area contributed by atoms with Crippen LogP contribution in [0.5, 0.6) is 0 Å². The van der Waals surface area contributed by atoms with Gasteiger partial charge < -0.3 is 15.7 Å². The molecule has 1 atom stereocenters. The number of rotatable bonds is 5. The molecule has 0 bridgehead atoms. The number of hydrogen-bond donors (Lipinski definition) is 3. The van der Waals surface area contributed by atoms with Crippen molar-refractivity contribution in [2.24, 2.45) is 0 Å². The van der Waals surface area contributed by atoms with Crippen molar-refractivity contribution in [2.75, 3.05) is 5.32 Å². The lowest BCUT2D eigenvalue weighted by molar-refractivity contribution is -0.140. The maximum Gasteiger partial charge on any atom is 0.325 e. The van der Waals surface area contributed by atoms with Gasteiger partial charge in [0.25, 0.3) is 5.91 Å². The Hall–Kier alpha value is -2.81. The number of carbonyl (C=O) groups excluding carboxylic acids is 1. The first-order valence-corrected chi connectivity index (χ1v) is 5.91. The lowest BCUT2D eigenvalue weighted by atomic mass is 10.2. The second kappa shape index (κ2) is 6.95. The minimum absolute atomic E-state index is 0.196. The Labute approximate surface area is 116 Å². The lowest BCUT2D eigenvalue weighted by Gasteiger charge is -2.08. The molecule has 0 aliphatic rings. The Morgan fingerprint density at radius 2 is 1.95 bits per heavy atom. The minimum Gasteiger partial charge on any atom is -0.480 e. The third-order valence-corrected chi connectivity index (χ3v) is 2.52. The SMILES string of the molecule is Cc1ccc(N/C=C(/C#N)C(=O)NC(C)C(=O)O)cc1. The molecule has 0 heterocycles. The van der Waals surface area contributed by atoms with Gasteiger partial charge in [-0.25, -0.2) is 0 Å². The van der Waals surface area contributed by atoms with E-state index in [0.717, 1.165) is 11.3 Å². The molecule has 0 saturated carbocycles. The molecule has 20 heavy (non-hydrogen) atoms. The Morgan fingerprint density at radius 1 is 1.35 bits per heavy atom. The summed E-state index contributed by atoms with van der Waals surface area (Å²) in [7, 11) is 0. The summed E-state index contributed by atoms with van der Waals surface area (Å²) in [6.07, 6.45) is 1.24. The number of hydrogen-bond acceptors (Lipinski definition) is 4. The summed E-state index contributed by atoms with van der Waals surface area (Å²) in [5, 5.41) is 22.6. The zero-order chi connectivity index (χ0) is 15.1. The van der Waals surface area contributed by atoms with Crippen molar-refractivity contribution >= 4 is 17.6 Å². The number of benzene rings is 1. The van der Waals surface area contributed by atoms with E-state index in [4.69, 9.17) is 10.4 Å². The molecule has 1 unspecified atom stereocenters. The van der Waals surface area contributed by atoms with Crippen LogP contribution >= 0.6 is 0 Å². The molecule has 0 saturated heterocycles. The van der Waals surface area contributed by atoms with Crippen molar-refractivity contribution in [3.63, 3.8) is 0 Å². The first kappa shape index (κ1) is 15.2. The number of aliphatic carboxylic acids is 1. The lowest BCUT2D eigenvalue weighted by Crippen LogP contribution is -2.39. The van der Waals surface area contributed by atoms with Crippen LogP contribution in [-0.4, -0.2) is 23.0 Å². The molecular formula is C14H15N3O3. The third-order valence-electron chi connectivity index (χ3n) is 2.52. The number of amides is 1. The Balaban J connectivity index is 2.73. The van der Waals surface area contributed by atoms with E-state index in [9.17, 15) is 9.59 Å². The second-order valence-corrected chi connectivity index (χ2v) is 4.21. The van der Waals surface area contributed by atoms with Gasteiger partial charge in [0, 0.05) is 11.9 Å². The van der Waals surface area contributed by atoms with E-state index in [-0.39, 0.29) is 5.57 Å². The zero-order valence-electron chi connectivity index (χ0n) is 11.2. The summed E-state index contributed by atoms with van der Waals surface area (Å²) in [5.74, 6) is -1.90. The average Bonchev–Trinajstić information content (AvgIpc) is 2.41. The number of carbonyl (C=O) groups is 2. The highest BCUT2D eigenvalue weighted by atomic mass is 16.4. The third kappa shape index (κ3) is 4.46. The fraction of sp³-hybridized carbons (Fsp3) is 0.214. The fourth-order valence-corrected chi connectivity index (χ4v) is 1.29. The number of nitrogens with zero attached hydrogens (tertiary/aromatic N) is 1. The topological polar surface area (TPSA) is 102 Å². The van der Waals surface area contributed by atoms with Crippen LogP contribution < -0.4 is 10.6 Å². The Kier molecular flexibility index (Phi) is 5.30. The van der Waals surface area contributed by atoms with Gasteiger partial charge in [-0.15, -0.1) is 0 Å². The number of nitrogens with one attached hydrogen (secondary N) is 2. The van der Waals surface area contributed by atoms with Crippen LogP contribution in [0.2, 0.25) is 0 Å². The largest absolute Gasteiger partial charge is 0.480 e. The van der Waals surface area contributed by atoms with Crippen molar-refractivity contribution in [1.29, 1.82) is 5.26 Å². The van der Waals surface area contributed by atoms with Gasteiger partial charge in [0.1, 0.15) is 17.7 Å². The second-order valence-electron chi connectivity index (χ2n) is 4.21. The molecule has 1 aromatic carbocycles. The van der Waals surface area contributed by atoms with E-state index in [1.54, 1.807) is 18.2 Å². The molecule has 0 aliphatic carbocycles. The highest BCUT2D eigenvalue weighted by Crippen LogP contribution is 2.09. The van der Waals surface area contributed by atoms with Crippen LogP contribution in [0.3, 0.4) is 0 Å². The molecule has 0 fully saturated rings. The van der Waals surface area contributed by atoms with Crippen molar-refractivity contribution in [3.8, 4) is 6.07 Å². The number of anilines is 1. The van der Waals surface area contributed by atoms with Gasteiger partial charge in [0.2, 0.25) is 0 Å². The van der Waals surface area contributed by atoms with Crippen molar-refractivity contribution in [1.82, 2.24) is 5.32 Å². The summed E-state index contributed by atoms with van der Waals surface area (Å²) >= 11 is 0. The number of carboxylic acid groups (broad SMARTS) is 1. The molecule has 0 spiro atoms. The molecule has 3 N–H and O–H groups in total. The maximum absolute atomic E-state index is 11.7. The van der Waals surface area contributed by atoms with E-state index in [0.29, 0.717) is 0 Å². The van der Waals surface area contributed by atoms with E-state index in [2.05, 4.69) is 10.6 Å². The quantitative estimate of drug-likeness (QED) is 0.556. The first-order valence-electron chi connectivity index (χ1n) is 5.91. The van der Waals surface area contributed by atoms with Gasteiger partial charge in [-0.2, -0.15) is 5.26 Å². The Bertz CT molecular complexity index is 570. The van der Waals surface area contributed by atoms with Crippen LogP contribution in [0.15, 0.2) is 36.0 Å². The van der Waals surface area contributed by atoms with Crippen molar-refractivity contribution < 1.29 is 14.7 Å². The summed E-state index contributed by atoms with van der Waals surface area (Å²) in [6.45, 7) is 3.27. The summed E-state index contributed by atoms with van der Waals surface area (Å²) < 4.78 is 0. The molecule has 1 rings (SSSR count). The van der Waals surface area contributed by atoms with E-state index >= 15 is 0 Å². The van der Waals surface area contributed by atoms with Gasteiger partial charge in [-0.1, -0.05) is 17.7 Å². The van der Waals surface area contributed by atoms with Crippen molar-refractivity contribution in [2.45, 2.75) is 19.9 Å². The number of nitriles is 1. The highest BCUT2D eigenvalue weighted by molar-refractivity contribution is 5.99. The van der Waals surface area contributed by atoms with Crippen LogP contribution in [0.1, 0.15) is 12.5 Å². The average molecular weight is 273 g/mol. The monoisotopic (exact) mass is 273 g/mol. The molecule has 1 aromatic rings.